The monoisotopic (exact) mass is 282 g/mol. The van der Waals surface area contributed by atoms with E-state index in [1.165, 1.54) is 28.1 Å². The van der Waals surface area contributed by atoms with Gasteiger partial charge in [-0.3, -0.25) is 9.59 Å². The third-order valence-corrected chi connectivity index (χ3v) is 3.17. The molecule has 0 aliphatic heterocycles. The zero-order valence-corrected chi connectivity index (χ0v) is 11.4. The van der Waals surface area contributed by atoms with E-state index in [0.717, 1.165) is 0 Å². The highest BCUT2D eigenvalue weighted by Crippen LogP contribution is 2.17. The summed E-state index contributed by atoms with van der Waals surface area (Å²) in [6.07, 6.45) is 1.69. The number of rotatable bonds is 5. The fourth-order valence-corrected chi connectivity index (χ4v) is 2.42. The van der Waals surface area contributed by atoms with Gasteiger partial charge in [-0.05, 0) is 13.8 Å². The first-order valence-electron chi connectivity index (χ1n) is 5.87. The predicted molar refractivity (Wildman–Crippen MR) is 71.5 cm³/mol. The minimum absolute atomic E-state index is 0.129. The Balaban J connectivity index is 2.07. The van der Waals surface area contributed by atoms with Crippen LogP contribution in [0.2, 0.25) is 0 Å². The fraction of sp³-hybridized carbons (Fsp3) is 0.455. The summed E-state index contributed by atoms with van der Waals surface area (Å²) in [5.41, 5.74) is -0.229. The van der Waals surface area contributed by atoms with Crippen LogP contribution in [-0.4, -0.2) is 33.2 Å². The van der Waals surface area contributed by atoms with Crippen LogP contribution in [0.5, 0.6) is 0 Å². The van der Waals surface area contributed by atoms with Crippen molar-refractivity contribution in [3.05, 3.63) is 22.6 Å². The summed E-state index contributed by atoms with van der Waals surface area (Å²) in [4.78, 5) is 27.4. The van der Waals surface area contributed by atoms with Gasteiger partial charge < -0.3 is 10.1 Å². The number of esters is 1. The third-order valence-electron chi connectivity index (χ3n) is 2.32. The van der Waals surface area contributed by atoms with E-state index in [0.29, 0.717) is 16.7 Å². The highest BCUT2D eigenvalue weighted by molar-refractivity contribution is 7.20. The zero-order valence-electron chi connectivity index (χ0n) is 10.6. The Labute approximate surface area is 113 Å². The molecular formula is C11H14N4O3S. The first-order valence-corrected chi connectivity index (χ1v) is 6.69. The van der Waals surface area contributed by atoms with Crippen LogP contribution < -0.4 is 10.9 Å². The number of carbonyl (C=O) groups excluding carboxylic acids is 1. The predicted octanol–water partition coefficient (Wildman–Crippen LogP) is 0.905. The lowest BCUT2D eigenvalue weighted by atomic mass is 10.2. The molecule has 2 aromatic rings. The first-order chi connectivity index (χ1) is 9.10. The van der Waals surface area contributed by atoms with Gasteiger partial charge in [-0.15, -0.1) is 5.10 Å². The second-order valence-corrected chi connectivity index (χ2v) is 4.90. The minimum atomic E-state index is -0.265. The van der Waals surface area contributed by atoms with Crippen molar-refractivity contribution in [3.63, 3.8) is 0 Å². The first kappa shape index (κ1) is 13.5. The van der Waals surface area contributed by atoms with Gasteiger partial charge in [-0.25, -0.2) is 4.98 Å². The maximum absolute atomic E-state index is 11.5. The Hall–Kier alpha value is -1.96. The molecule has 2 aromatic heterocycles. The molecule has 1 N–H and O–H groups in total. The number of aromatic nitrogens is 3. The van der Waals surface area contributed by atoms with Crippen molar-refractivity contribution < 1.29 is 9.53 Å². The second kappa shape index (κ2) is 5.79. The van der Waals surface area contributed by atoms with Gasteiger partial charge in [-0.1, -0.05) is 11.3 Å². The highest BCUT2D eigenvalue weighted by Gasteiger charge is 2.12. The molecule has 1 atom stereocenters. The quantitative estimate of drug-likeness (QED) is 0.820. The lowest BCUT2D eigenvalue weighted by molar-refractivity contribution is -0.143. The molecule has 2 rings (SSSR count). The summed E-state index contributed by atoms with van der Waals surface area (Å²) in [5.74, 6) is -0.265. The van der Waals surface area contributed by atoms with Crippen molar-refractivity contribution >= 4 is 27.4 Å². The maximum atomic E-state index is 11.5. The normalized spacial score (nSPS) is 12.3. The number of carbonyl (C=O) groups is 1. The molecule has 0 radical (unpaired) electrons. The largest absolute Gasteiger partial charge is 0.466 e. The van der Waals surface area contributed by atoms with Crippen LogP contribution in [-0.2, 0) is 9.53 Å². The summed E-state index contributed by atoms with van der Waals surface area (Å²) >= 11 is 1.26. The van der Waals surface area contributed by atoms with E-state index >= 15 is 0 Å². The topological polar surface area (TPSA) is 85.6 Å². The third kappa shape index (κ3) is 3.28. The SMILES string of the molecule is CCOC(=O)CC(C)Nc1nn2c(=O)ccnc2s1. The van der Waals surface area contributed by atoms with Crippen molar-refractivity contribution in [2.24, 2.45) is 0 Å². The van der Waals surface area contributed by atoms with Gasteiger partial charge in [-0.2, -0.15) is 4.52 Å². The average molecular weight is 282 g/mol. The van der Waals surface area contributed by atoms with Crippen LogP contribution >= 0.6 is 11.3 Å². The smallest absolute Gasteiger partial charge is 0.307 e. The molecule has 0 bridgehead atoms. The van der Waals surface area contributed by atoms with Crippen molar-refractivity contribution in [3.8, 4) is 0 Å². The summed E-state index contributed by atoms with van der Waals surface area (Å²) in [7, 11) is 0. The number of hydrogen-bond acceptors (Lipinski definition) is 7. The molecule has 0 amide bonds. The van der Waals surface area contributed by atoms with Gasteiger partial charge in [0.25, 0.3) is 5.56 Å². The van der Waals surface area contributed by atoms with Gasteiger partial charge >= 0.3 is 5.97 Å². The number of fused-ring (bicyclic) bond motifs is 1. The van der Waals surface area contributed by atoms with Crippen LogP contribution in [0.3, 0.4) is 0 Å². The Morgan fingerprint density at radius 2 is 2.42 bits per heavy atom. The summed E-state index contributed by atoms with van der Waals surface area (Å²) in [6.45, 7) is 3.98. The van der Waals surface area contributed by atoms with E-state index in [9.17, 15) is 9.59 Å². The molecule has 2 heterocycles. The minimum Gasteiger partial charge on any atom is -0.466 e. The van der Waals surface area contributed by atoms with E-state index < -0.39 is 0 Å². The summed E-state index contributed by atoms with van der Waals surface area (Å²) < 4.78 is 6.09. The number of nitrogens with zero attached hydrogens (tertiary/aromatic N) is 3. The Bertz CT molecular complexity index is 636. The molecule has 1 unspecified atom stereocenters. The fourth-order valence-electron chi connectivity index (χ4n) is 1.53. The molecule has 0 aliphatic rings. The lowest BCUT2D eigenvalue weighted by Crippen LogP contribution is -2.21. The number of anilines is 1. The second-order valence-electron chi connectivity index (χ2n) is 3.94. The molecule has 8 heteroatoms. The zero-order chi connectivity index (χ0) is 13.8. The number of nitrogens with one attached hydrogen (secondary N) is 1. The van der Waals surface area contributed by atoms with E-state index in [2.05, 4.69) is 15.4 Å². The molecule has 0 fully saturated rings. The van der Waals surface area contributed by atoms with Crippen LogP contribution in [0.15, 0.2) is 17.1 Å². The molecule has 19 heavy (non-hydrogen) atoms. The molecular weight excluding hydrogens is 268 g/mol. The van der Waals surface area contributed by atoms with Crippen LogP contribution in [0.4, 0.5) is 5.13 Å². The van der Waals surface area contributed by atoms with Crippen LogP contribution in [0, 0.1) is 0 Å². The van der Waals surface area contributed by atoms with Crippen molar-refractivity contribution in [1.82, 2.24) is 14.6 Å². The molecule has 0 saturated heterocycles. The molecule has 102 valence electrons. The Morgan fingerprint density at radius 3 is 3.11 bits per heavy atom. The van der Waals surface area contributed by atoms with Crippen LogP contribution in [0.1, 0.15) is 20.3 Å². The van der Waals surface area contributed by atoms with E-state index in [4.69, 9.17) is 4.74 Å². The average Bonchev–Trinajstić information content (AvgIpc) is 2.72. The van der Waals surface area contributed by atoms with Gasteiger partial charge in [0.2, 0.25) is 10.1 Å². The number of hydrogen-bond donors (Lipinski definition) is 1. The van der Waals surface area contributed by atoms with Crippen molar-refractivity contribution in [2.45, 2.75) is 26.3 Å². The summed E-state index contributed by atoms with van der Waals surface area (Å²) in [5, 5.41) is 7.71. The summed E-state index contributed by atoms with van der Waals surface area (Å²) in [6, 6.07) is 1.22. The highest BCUT2D eigenvalue weighted by atomic mass is 32.1. The van der Waals surface area contributed by atoms with E-state index in [-0.39, 0.29) is 24.0 Å². The Morgan fingerprint density at radius 1 is 1.63 bits per heavy atom. The van der Waals surface area contributed by atoms with E-state index in [1.54, 1.807) is 6.92 Å². The van der Waals surface area contributed by atoms with E-state index in [1.807, 2.05) is 6.92 Å². The van der Waals surface area contributed by atoms with Crippen molar-refractivity contribution in [1.29, 1.82) is 0 Å². The van der Waals surface area contributed by atoms with Gasteiger partial charge in [0.05, 0.1) is 13.0 Å². The standard InChI is InChI=1S/C11H14N4O3S/c1-3-18-9(17)6-7(2)13-10-14-15-8(16)4-5-12-11(15)19-10/h4-5,7H,3,6H2,1-2H3,(H,13,14). The molecule has 7 nitrogen and oxygen atoms in total. The van der Waals surface area contributed by atoms with Gasteiger partial charge in [0.1, 0.15) is 0 Å². The van der Waals surface area contributed by atoms with Crippen molar-refractivity contribution in [2.75, 3.05) is 11.9 Å². The van der Waals surface area contributed by atoms with Gasteiger partial charge in [0, 0.05) is 18.3 Å². The Kier molecular flexibility index (Phi) is 4.10. The maximum Gasteiger partial charge on any atom is 0.307 e. The lowest BCUT2D eigenvalue weighted by Gasteiger charge is -2.10. The molecule has 0 aliphatic carbocycles. The van der Waals surface area contributed by atoms with Gasteiger partial charge in [0.15, 0.2) is 0 Å². The van der Waals surface area contributed by atoms with Crippen LogP contribution in [0.25, 0.3) is 4.96 Å². The molecule has 0 saturated carbocycles. The number of ether oxygens (including phenoxy) is 1. The molecule has 0 aromatic carbocycles. The molecule has 0 spiro atoms.